The van der Waals surface area contributed by atoms with Crippen LogP contribution in [0, 0.1) is 11.6 Å². The van der Waals surface area contributed by atoms with E-state index in [1.165, 1.54) is 103 Å². The predicted molar refractivity (Wildman–Crippen MR) is 304 cm³/mol. The number of halogens is 2. The Morgan fingerprint density at radius 2 is 0.500 bits per heavy atom. The van der Waals surface area contributed by atoms with Gasteiger partial charge in [0.2, 0.25) is 0 Å². The smallest absolute Gasteiger partial charge is 0.131 e. The lowest BCUT2D eigenvalue weighted by atomic mass is 9.87. The second kappa shape index (κ2) is 12.9. The van der Waals surface area contributed by atoms with Crippen LogP contribution in [0.4, 0.5) is 8.78 Å². The molecule has 0 N–H and O–H groups in total. The second-order valence-corrected chi connectivity index (χ2v) is 20.2. The Bertz CT molecular complexity index is 5210. The van der Waals surface area contributed by atoms with Crippen molar-refractivity contribution in [2.24, 2.45) is 0 Å². The summed E-state index contributed by atoms with van der Waals surface area (Å²) in [5, 5.41) is 32.9. The van der Waals surface area contributed by atoms with Crippen molar-refractivity contribution < 1.29 is 8.78 Å². The molecule has 0 fully saturated rings. The van der Waals surface area contributed by atoms with Crippen molar-refractivity contribution in [1.29, 1.82) is 0 Å². The molecule has 0 aliphatic carbocycles. The Morgan fingerprint density at radius 3 is 1.04 bits per heavy atom. The van der Waals surface area contributed by atoms with Gasteiger partial charge in [0.15, 0.2) is 0 Å². The normalized spacial score (nSPS) is 12.9. The van der Waals surface area contributed by atoms with Gasteiger partial charge in [-0.1, -0.05) is 194 Å². The zero-order chi connectivity index (χ0) is 46.8. The minimum absolute atomic E-state index is 0.283. The lowest BCUT2D eigenvalue weighted by Crippen LogP contribution is -1.91. The number of rotatable bonds is 3. The van der Waals surface area contributed by atoms with Gasteiger partial charge in [-0.05, 0) is 174 Å². The minimum Gasteiger partial charge on any atom is -0.206 e. The van der Waals surface area contributed by atoms with Gasteiger partial charge in [-0.2, -0.15) is 0 Å². The second-order valence-electron chi connectivity index (χ2n) is 20.2. The fourth-order valence-corrected chi connectivity index (χ4v) is 14.6. The maximum atomic E-state index is 16.9. The fourth-order valence-electron chi connectivity index (χ4n) is 14.6. The van der Waals surface area contributed by atoms with Crippen LogP contribution in [0.25, 0.3) is 184 Å². The monoisotopic (exact) mass is 912 g/mol. The lowest BCUT2D eigenvalue weighted by molar-refractivity contribution is 0.631. The van der Waals surface area contributed by atoms with E-state index in [0.29, 0.717) is 11.1 Å². The lowest BCUT2D eigenvalue weighted by Gasteiger charge is -2.16. The number of hydrogen-bond donors (Lipinski definition) is 0. The Labute approximate surface area is 408 Å². The molecule has 0 aliphatic rings. The van der Waals surface area contributed by atoms with Crippen LogP contribution in [0.5, 0.6) is 0 Å². The van der Waals surface area contributed by atoms with Crippen LogP contribution in [0.2, 0.25) is 0 Å². The maximum Gasteiger partial charge on any atom is 0.131 e. The summed E-state index contributed by atoms with van der Waals surface area (Å²) in [6, 6.07) is 72.7. The zero-order valence-corrected chi connectivity index (χ0v) is 38.4. The number of hydrogen-bond acceptors (Lipinski definition) is 0. The summed E-state index contributed by atoms with van der Waals surface area (Å²) in [5.41, 5.74) is 5.29. The van der Waals surface area contributed by atoms with Crippen LogP contribution in [-0.2, 0) is 0 Å². The molecule has 72 heavy (non-hydrogen) atoms. The van der Waals surface area contributed by atoms with E-state index < -0.39 is 0 Å². The standard InChI is InChI=1S/C70H34F2/c71-53-25-8-6-19-44(53)63-66-46-22-10-15-35-16-11-23-47(55(35)46)67(66)64(45-20-7-9-26-54(45)72)70-52-34-30-43-41-28-32-50-60-49(31-27-40(57(41)60)42-29-33-51(69(63)70)61(52)58(42)43)65-56(36-13-2-1-3-14-36)48-24-12-21-38-37-17-4-5-18-39(37)62(59(38)48)68(50)65/h1-34H. The van der Waals surface area contributed by atoms with Crippen LogP contribution in [0.1, 0.15) is 0 Å². The molecule has 0 radical (unpaired) electrons. The molecule has 0 bridgehead atoms. The van der Waals surface area contributed by atoms with E-state index >= 15 is 8.78 Å². The van der Waals surface area contributed by atoms with Gasteiger partial charge in [-0.25, -0.2) is 8.78 Å². The highest BCUT2D eigenvalue weighted by molar-refractivity contribution is 6.53. The summed E-state index contributed by atoms with van der Waals surface area (Å²) in [6.45, 7) is 0. The summed E-state index contributed by atoms with van der Waals surface area (Å²) < 4.78 is 33.7. The molecule has 328 valence electrons. The van der Waals surface area contributed by atoms with Crippen molar-refractivity contribution in [1.82, 2.24) is 0 Å². The Hall–Kier alpha value is -9.24. The summed E-state index contributed by atoms with van der Waals surface area (Å²) in [5.74, 6) is -0.566. The third-order valence-corrected chi connectivity index (χ3v) is 17.1. The van der Waals surface area contributed by atoms with Crippen LogP contribution >= 0.6 is 0 Å². The molecule has 0 unspecified atom stereocenters. The fraction of sp³-hybridized carbons (Fsp3) is 0. The topological polar surface area (TPSA) is 0 Å². The van der Waals surface area contributed by atoms with Crippen molar-refractivity contribution in [3.63, 3.8) is 0 Å². The van der Waals surface area contributed by atoms with Crippen molar-refractivity contribution in [3.05, 3.63) is 218 Å². The molecule has 0 heterocycles. The highest BCUT2D eigenvalue weighted by Gasteiger charge is 2.31. The molecule has 18 rings (SSSR count). The Kier molecular flexibility index (Phi) is 6.76. The first kappa shape index (κ1) is 37.6. The molecule has 18 aromatic carbocycles. The van der Waals surface area contributed by atoms with E-state index in [1.807, 2.05) is 24.3 Å². The van der Waals surface area contributed by atoms with Crippen molar-refractivity contribution in [3.8, 4) is 33.4 Å². The molecule has 0 aliphatic heterocycles. The van der Waals surface area contributed by atoms with Gasteiger partial charge in [-0.15, -0.1) is 0 Å². The average molecular weight is 913 g/mol. The molecule has 18 aromatic rings. The summed E-state index contributed by atoms with van der Waals surface area (Å²) >= 11 is 0. The molecule has 0 aromatic heterocycles. The van der Waals surface area contributed by atoms with Crippen LogP contribution in [-0.4, -0.2) is 0 Å². The molecule has 0 atom stereocenters. The van der Waals surface area contributed by atoms with Crippen LogP contribution in [0.15, 0.2) is 206 Å². The molecular weight excluding hydrogens is 879 g/mol. The van der Waals surface area contributed by atoms with Gasteiger partial charge >= 0.3 is 0 Å². The van der Waals surface area contributed by atoms with Gasteiger partial charge in [0.05, 0.1) is 0 Å². The molecule has 0 spiro atoms. The van der Waals surface area contributed by atoms with Crippen LogP contribution in [0.3, 0.4) is 0 Å². The van der Waals surface area contributed by atoms with E-state index in [4.69, 9.17) is 0 Å². The number of benzene rings is 14. The minimum atomic E-state index is -0.283. The number of fused-ring (bicyclic) bond motifs is 15. The van der Waals surface area contributed by atoms with Crippen LogP contribution < -0.4 is 0 Å². The highest BCUT2D eigenvalue weighted by atomic mass is 19.1. The Balaban J connectivity index is 1.06. The summed E-state index contributed by atoms with van der Waals surface area (Å²) in [6.07, 6.45) is 0. The largest absolute Gasteiger partial charge is 0.206 e. The molecule has 0 saturated carbocycles. The first-order chi connectivity index (χ1) is 35.6. The SMILES string of the molecule is Fc1ccccc1-c1c2c3cccc4cccc(c2c(-c2ccccc2F)c2c5ccc6c7ccc8c9c(ccc(c%10ccc(c12)c5c%106)c79)c1c(-c2ccccc2)c2cccc5c6ccccc6c(c25)c81)c43. The van der Waals surface area contributed by atoms with Gasteiger partial charge in [0.25, 0.3) is 0 Å². The Morgan fingerprint density at radius 1 is 0.181 bits per heavy atom. The summed E-state index contributed by atoms with van der Waals surface area (Å²) in [4.78, 5) is 0. The average Bonchev–Trinajstić information content (AvgIpc) is 4.16. The summed E-state index contributed by atoms with van der Waals surface area (Å²) in [7, 11) is 0. The van der Waals surface area contributed by atoms with Gasteiger partial charge in [0.1, 0.15) is 11.6 Å². The van der Waals surface area contributed by atoms with Crippen molar-refractivity contribution in [2.75, 3.05) is 0 Å². The molecule has 0 amide bonds. The predicted octanol–water partition coefficient (Wildman–Crippen LogP) is 20.3. The van der Waals surface area contributed by atoms with E-state index in [1.54, 1.807) is 24.3 Å². The zero-order valence-electron chi connectivity index (χ0n) is 38.4. The third kappa shape index (κ3) is 4.26. The van der Waals surface area contributed by atoms with Gasteiger partial charge < -0.3 is 0 Å². The third-order valence-electron chi connectivity index (χ3n) is 17.1. The molecular formula is C70H34F2. The maximum absolute atomic E-state index is 16.9. The highest BCUT2D eigenvalue weighted by Crippen LogP contribution is 2.59. The van der Waals surface area contributed by atoms with E-state index in [-0.39, 0.29) is 11.6 Å². The van der Waals surface area contributed by atoms with E-state index in [2.05, 4.69) is 158 Å². The molecule has 0 saturated heterocycles. The van der Waals surface area contributed by atoms with E-state index in [0.717, 1.165) is 70.4 Å². The molecule has 0 nitrogen and oxygen atoms in total. The van der Waals surface area contributed by atoms with Gasteiger partial charge in [-0.3, -0.25) is 0 Å². The van der Waals surface area contributed by atoms with E-state index in [9.17, 15) is 0 Å². The first-order valence-corrected chi connectivity index (χ1v) is 24.9. The van der Waals surface area contributed by atoms with Crippen molar-refractivity contribution in [2.45, 2.75) is 0 Å². The molecule has 2 heteroatoms. The van der Waals surface area contributed by atoms with Gasteiger partial charge in [0, 0.05) is 22.3 Å². The first-order valence-electron chi connectivity index (χ1n) is 24.9. The quantitative estimate of drug-likeness (QED) is 0.122. The van der Waals surface area contributed by atoms with Crippen molar-refractivity contribution >= 4 is 151 Å².